The van der Waals surface area contributed by atoms with Crippen molar-refractivity contribution in [2.75, 3.05) is 13.2 Å². The van der Waals surface area contributed by atoms with Gasteiger partial charge in [-0.15, -0.1) is 0 Å². The van der Waals surface area contributed by atoms with E-state index in [4.69, 9.17) is 4.74 Å². The van der Waals surface area contributed by atoms with Gasteiger partial charge in [-0.05, 0) is 62.6 Å². The summed E-state index contributed by atoms with van der Waals surface area (Å²) in [5.74, 6) is -0.388. The zero-order chi connectivity index (χ0) is 21.0. The van der Waals surface area contributed by atoms with Crippen LogP contribution in [-0.2, 0) is 21.3 Å². The molecule has 1 aromatic carbocycles. The average Bonchev–Trinajstić information content (AvgIpc) is 3.19. The van der Waals surface area contributed by atoms with Crippen molar-refractivity contribution in [1.82, 2.24) is 15.0 Å². The lowest BCUT2D eigenvalue weighted by atomic mass is 10.1. The Morgan fingerprint density at radius 3 is 2.59 bits per heavy atom. The number of aryl methyl sites for hydroxylation is 2. The van der Waals surface area contributed by atoms with Crippen molar-refractivity contribution in [2.24, 2.45) is 0 Å². The van der Waals surface area contributed by atoms with Gasteiger partial charge in [-0.3, -0.25) is 9.59 Å². The number of H-pyrrole nitrogens is 1. The standard InChI is InChI=1S/C20H25N3O5S/c1-13-10-14(2)23-20(25)18(13)12-21-19(24)15-5-7-17(8-6-15)29(26,27)22-11-16-4-3-9-28-16/h5-8,10,16,22H,3-4,9,11-12H2,1-2H3,(H,21,24)(H,23,25)/t16-/m1/s1. The summed E-state index contributed by atoms with van der Waals surface area (Å²) in [6, 6.07) is 7.50. The summed E-state index contributed by atoms with van der Waals surface area (Å²) in [5, 5.41) is 2.70. The molecule has 9 heteroatoms. The highest BCUT2D eigenvalue weighted by atomic mass is 32.2. The number of benzene rings is 1. The summed E-state index contributed by atoms with van der Waals surface area (Å²) in [7, 11) is -3.67. The van der Waals surface area contributed by atoms with Gasteiger partial charge in [-0.25, -0.2) is 13.1 Å². The van der Waals surface area contributed by atoms with E-state index in [1.54, 1.807) is 6.92 Å². The lowest BCUT2D eigenvalue weighted by Crippen LogP contribution is -2.32. The molecule has 0 aliphatic carbocycles. The van der Waals surface area contributed by atoms with Gasteiger partial charge in [0.1, 0.15) is 0 Å². The first kappa shape index (κ1) is 21.2. The van der Waals surface area contributed by atoms with E-state index in [9.17, 15) is 18.0 Å². The molecule has 0 radical (unpaired) electrons. The van der Waals surface area contributed by atoms with Crippen LogP contribution >= 0.6 is 0 Å². The van der Waals surface area contributed by atoms with E-state index in [2.05, 4.69) is 15.0 Å². The van der Waals surface area contributed by atoms with Crippen molar-refractivity contribution in [1.29, 1.82) is 0 Å². The second-order valence-electron chi connectivity index (χ2n) is 7.14. The first-order chi connectivity index (χ1) is 13.8. The van der Waals surface area contributed by atoms with Crippen molar-refractivity contribution in [3.8, 4) is 0 Å². The summed E-state index contributed by atoms with van der Waals surface area (Å²) in [5.41, 5.74) is 2.12. The Bertz CT molecular complexity index is 1040. The first-order valence-electron chi connectivity index (χ1n) is 9.45. The van der Waals surface area contributed by atoms with Gasteiger partial charge in [0.15, 0.2) is 0 Å². The third-order valence-electron chi connectivity index (χ3n) is 4.87. The summed E-state index contributed by atoms with van der Waals surface area (Å²) in [4.78, 5) is 27.2. The number of nitrogens with one attached hydrogen (secondary N) is 3. The maximum Gasteiger partial charge on any atom is 0.253 e. The number of carbonyl (C=O) groups excluding carboxylic acids is 1. The maximum absolute atomic E-state index is 12.4. The number of aromatic nitrogens is 1. The van der Waals surface area contributed by atoms with E-state index in [1.807, 2.05) is 13.0 Å². The summed E-state index contributed by atoms with van der Waals surface area (Å²) in [6.45, 7) is 4.58. The van der Waals surface area contributed by atoms with Gasteiger partial charge < -0.3 is 15.0 Å². The molecule has 1 saturated heterocycles. The van der Waals surface area contributed by atoms with Crippen molar-refractivity contribution in [3.05, 3.63) is 63.1 Å². The molecule has 2 heterocycles. The minimum Gasteiger partial charge on any atom is -0.377 e. The number of carbonyl (C=O) groups is 1. The lowest BCUT2D eigenvalue weighted by molar-refractivity contribution is 0.0950. The fourth-order valence-electron chi connectivity index (χ4n) is 3.25. The molecule has 29 heavy (non-hydrogen) atoms. The van der Waals surface area contributed by atoms with E-state index in [1.165, 1.54) is 24.3 Å². The molecular formula is C20H25N3O5S. The van der Waals surface area contributed by atoms with Crippen molar-refractivity contribution >= 4 is 15.9 Å². The van der Waals surface area contributed by atoms with Crippen LogP contribution in [0.1, 0.15) is 40.0 Å². The van der Waals surface area contributed by atoms with Gasteiger partial charge >= 0.3 is 0 Å². The molecule has 1 amide bonds. The summed E-state index contributed by atoms with van der Waals surface area (Å²) < 4.78 is 32.7. The molecule has 0 unspecified atom stereocenters. The minimum absolute atomic E-state index is 0.0814. The van der Waals surface area contributed by atoms with Gasteiger partial charge in [0.05, 0.1) is 11.0 Å². The normalized spacial score (nSPS) is 16.7. The summed E-state index contributed by atoms with van der Waals surface area (Å²) in [6.07, 6.45) is 1.68. The highest BCUT2D eigenvalue weighted by Crippen LogP contribution is 2.14. The topological polar surface area (TPSA) is 117 Å². The smallest absolute Gasteiger partial charge is 0.253 e. The number of hydrogen-bond donors (Lipinski definition) is 3. The largest absolute Gasteiger partial charge is 0.377 e. The molecule has 8 nitrogen and oxygen atoms in total. The highest BCUT2D eigenvalue weighted by molar-refractivity contribution is 7.89. The fraction of sp³-hybridized carbons (Fsp3) is 0.400. The molecule has 3 rings (SSSR count). The summed E-state index contributed by atoms with van der Waals surface area (Å²) >= 11 is 0. The molecule has 3 N–H and O–H groups in total. The van der Waals surface area contributed by atoms with Crippen LogP contribution in [0.3, 0.4) is 0 Å². The zero-order valence-corrected chi connectivity index (χ0v) is 17.3. The van der Waals surface area contributed by atoms with Gasteiger partial charge in [0, 0.05) is 36.5 Å². The monoisotopic (exact) mass is 419 g/mol. The molecule has 0 saturated carbocycles. The second-order valence-corrected chi connectivity index (χ2v) is 8.90. The van der Waals surface area contributed by atoms with E-state index in [0.29, 0.717) is 17.7 Å². The third kappa shape index (κ3) is 5.31. The lowest BCUT2D eigenvalue weighted by Gasteiger charge is -2.12. The molecular weight excluding hydrogens is 394 g/mol. The number of sulfonamides is 1. The minimum atomic E-state index is -3.67. The van der Waals surface area contributed by atoms with Crippen LogP contribution in [0.5, 0.6) is 0 Å². The van der Waals surface area contributed by atoms with Crippen LogP contribution < -0.4 is 15.6 Å². The van der Waals surface area contributed by atoms with E-state index < -0.39 is 10.0 Å². The van der Waals surface area contributed by atoms with Crippen LogP contribution in [0.25, 0.3) is 0 Å². The van der Waals surface area contributed by atoms with Gasteiger partial charge in [-0.2, -0.15) is 0 Å². The van der Waals surface area contributed by atoms with Gasteiger partial charge in [-0.1, -0.05) is 0 Å². The molecule has 2 aromatic rings. The first-order valence-corrected chi connectivity index (χ1v) is 10.9. The Morgan fingerprint density at radius 1 is 1.24 bits per heavy atom. The Morgan fingerprint density at radius 2 is 1.97 bits per heavy atom. The number of rotatable bonds is 7. The Hall–Kier alpha value is -2.49. The van der Waals surface area contributed by atoms with E-state index in [0.717, 1.165) is 24.1 Å². The number of ether oxygens (including phenoxy) is 1. The predicted molar refractivity (Wildman–Crippen MR) is 108 cm³/mol. The Kier molecular flexibility index (Phi) is 6.51. The number of amides is 1. The number of aromatic amines is 1. The van der Waals surface area contributed by atoms with Crippen LogP contribution in [-0.4, -0.2) is 38.6 Å². The molecule has 1 aromatic heterocycles. The molecule has 156 valence electrons. The zero-order valence-electron chi connectivity index (χ0n) is 16.4. The highest BCUT2D eigenvalue weighted by Gasteiger charge is 2.20. The van der Waals surface area contributed by atoms with E-state index >= 15 is 0 Å². The van der Waals surface area contributed by atoms with Gasteiger partial charge in [0.2, 0.25) is 10.0 Å². The number of hydrogen-bond acceptors (Lipinski definition) is 5. The number of pyridine rings is 1. The Balaban J connectivity index is 1.62. The molecule has 1 aliphatic heterocycles. The second kappa shape index (κ2) is 8.89. The molecule has 1 atom stereocenters. The van der Waals surface area contributed by atoms with Crippen LogP contribution in [0, 0.1) is 13.8 Å². The Labute approximate surface area is 169 Å². The molecule has 1 fully saturated rings. The quantitative estimate of drug-likeness (QED) is 0.627. The molecule has 1 aliphatic rings. The SMILES string of the molecule is Cc1cc(C)c(CNC(=O)c2ccc(S(=O)(=O)NC[C@H]3CCCO3)cc2)c(=O)[nH]1. The molecule has 0 bridgehead atoms. The average molecular weight is 420 g/mol. The van der Waals surface area contributed by atoms with Crippen LogP contribution in [0.2, 0.25) is 0 Å². The van der Waals surface area contributed by atoms with Crippen LogP contribution in [0.4, 0.5) is 0 Å². The fourth-order valence-corrected chi connectivity index (χ4v) is 4.32. The third-order valence-corrected chi connectivity index (χ3v) is 6.31. The van der Waals surface area contributed by atoms with Crippen LogP contribution in [0.15, 0.2) is 40.0 Å². The predicted octanol–water partition coefficient (Wildman–Crippen LogP) is 1.38. The van der Waals surface area contributed by atoms with Crippen molar-refractivity contribution < 1.29 is 17.9 Å². The van der Waals surface area contributed by atoms with Crippen molar-refractivity contribution in [3.63, 3.8) is 0 Å². The van der Waals surface area contributed by atoms with E-state index in [-0.39, 0.29) is 35.6 Å². The van der Waals surface area contributed by atoms with Crippen molar-refractivity contribution in [2.45, 2.75) is 44.2 Å². The molecule has 0 spiro atoms. The van der Waals surface area contributed by atoms with Gasteiger partial charge in [0.25, 0.3) is 11.5 Å². The maximum atomic E-state index is 12.4.